The first-order valence-electron chi connectivity index (χ1n) is 6.72. The summed E-state index contributed by atoms with van der Waals surface area (Å²) in [5.41, 5.74) is -3.00. The van der Waals surface area contributed by atoms with Gasteiger partial charge in [-0.25, -0.2) is 18.8 Å². The van der Waals surface area contributed by atoms with E-state index in [2.05, 4.69) is 14.2 Å². The molecule has 1 unspecified atom stereocenters. The molecule has 7 heteroatoms. The molecule has 0 aliphatic carbocycles. The van der Waals surface area contributed by atoms with Gasteiger partial charge >= 0.3 is 23.6 Å². The number of halogens is 1. The Balaban J connectivity index is 5.24. The van der Waals surface area contributed by atoms with Gasteiger partial charge in [-0.1, -0.05) is 13.0 Å². The van der Waals surface area contributed by atoms with Gasteiger partial charge in [0.2, 0.25) is 0 Å². The summed E-state index contributed by atoms with van der Waals surface area (Å²) in [6.07, 6.45) is 2.03. The van der Waals surface area contributed by atoms with Gasteiger partial charge in [0.15, 0.2) is 0 Å². The van der Waals surface area contributed by atoms with Gasteiger partial charge in [-0.2, -0.15) is 0 Å². The number of carbonyl (C=O) groups is 3. The van der Waals surface area contributed by atoms with E-state index in [4.69, 9.17) is 0 Å². The van der Waals surface area contributed by atoms with Gasteiger partial charge in [0, 0.05) is 12.0 Å². The number of carbonyl (C=O) groups excluding carboxylic acids is 3. The number of rotatable bonds is 8. The van der Waals surface area contributed by atoms with Gasteiger partial charge < -0.3 is 14.2 Å². The van der Waals surface area contributed by atoms with Gasteiger partial charge in [-0.15, -0.1) is 0 Å². The maximum absolute atomic E-state index is 14.8. The van der Waals surface area contributed by atoms with Crippen LogP contribution in [0.15, 0.2) is 12.2 Å². The van der Waals surface area contributed by atoms with E-state index in [1.54, 1.807) is 6.92 Å². The molecule has 0 amide bonds. The lowest BCUT2D eigenvalue weighted by atomic mass is 9.90. The van der Waals surface area contributed by atoms with Gasteiger partial charge in [0.1, 0.15) is 0 Å². The highest BCUT2D eigenvalue weighted by atomic mass is 19.1. The second kappa shape index (κ2) is 9.10. The average molecular weight is 304 g/mol. The molecule has 0 saturated heterocycles. The highest BCUT2D eigenvalue weighted by molar-refractivity contribution is 6.04. The molecule has 0 bridgehead atoms. The van der Waals surface area contributed by atoms with Crippen LogP contribution in [0.3, 0.4) is 0 Å². The molecular weight excluding hydrogens is 283 g/mol. The molecule has 21 heavy (non-hydrogen) atoms. The lowest BCUT2D eigenvalue weighted by Crippen LogP contribution is -2.49. The predicted octanol–water partition coefficient (Wildman–Crippen LogP) is 1.58. The van der Waals surface area contributed by atoms with Crippen molar-refractivity contribution in [3.8, 4) is 0 Å². The van der Waals surface area contributed by atoms with Crippen LogP contribution in [-0.2, 0) is 28.6 Å². The molecule has 0 aromatic heterocycles. The van der Waals surface area contributed by atoms with Crippen LogP contribution in [0, 0.1) is 5.92 Å². The monoisotopic (exact) mass is 304 g/mol. The van der Waals surface area contributed by atoms with Crippen LogP contribution in [0.25, 0.3) is 0 Å². The third-order valence-corrected chi connectivity index (χ3v) is 2.58. The number of ether oxygens (including phenoxy) is 3. The zero-order chi connectivity index (χ0) is 16.5. The number of alkyl halides is 1. The number of hydrogen-bond donors (Lipinski definition) is 0. The van der Waals surface area contributed by atoms with Crippen molar-refractivity contribution in [2.75, 3.05) is 19.8 Å². The smallest absolute Gasteiger partial charge is 0.356 e. The summed E-state index contributed by atoms with van der Waals surface area (Å²) in [6.45, 7) is 5.85. The van der Waals surface area contributed by atoms with Crippen molar-refractivity contribution in [1.29, 1.82) is 0 Å². The van der Waals surface area contributed by atoms with Gasteiger partial charge in [0.05, 0.1) is 19.8 Å². The molecule has 120 valence electrons. The summed E-state index contributed by atoms with van der Waals surface area (Å²) in [5, 5.41) is 0. The maximum atomic E-state index is 14.8. The summed E-state index contributed by atoms with van der Waals surface area (Å²) in [6, 6.07) is 0. The van der Waals surface area contributed by atoms with Gasteiger partial charge in [0.25, 0.3) is 0 Å². The quantitative estimate of drug-likeness (QED) is 0.293. The molecule has 0 radical (unpaired) electrons. The Labute approximate surface area is 123 Å². The van der Waals surface area contributed by atoms with Crippen LogP contribution in [0.1, 0.15) is 27.7 Å². The second-order valence-corrected chi connectivity index (χ2v) is 4.05. The summed E-state index contributed by atoms with van der Waals surface area (Å²) in [5.74, 6) is -4.63. The van der Waals surface area contributed by atoms with Crippen LogP contribution in [0.4, 0.5) is 4.39 Å². The molecule has 0 heterocycles. The molecular formula is C14H21FO6. The summed E-state index contributed by atoms with van der Waals surface area (Å²) in [4.78, 5) is 34.7. The Morgan fingerprint density at radius 2 is 1.43 bits per heavy atom. The third kappa shape index (κ3) is 5.17. The lowest BCUT2D eigenvalue weighted by Gasteiger charge is -2.25. The molecule has 0 N–H and O–H groups in total. The molecule has 0 aliphatic heterocycles. The topological polar surface area (TPSA) is 78.9 Å². The average Bonchev–Trinajstić information content (AvgIpc) is 2.44. The highest BCUT2D eigenvalue weighted by Crippen LogP contribution is 2.27. The summed E-state index contributed by atoms with van der Waals surface area (Å²) < 4.78 is 28.6. The van der Waals surface area contributed by atoms with Crippen LogP contribution >= 0.6 is 0 Å². The van der Waals surface area contributed by atoms with Crippen LogP contribution in [0.2, 0.25) is 0 Å². The molecule has 0 fully saturated rings. The number of esters is 3. The van der Waals surface area contributed by atoms with Crippen molar-refractivity contribution < 1.29 is 33.0 Å². The Bertz CT molecular complexity index is 386. The molecule has 0 aromatic carbocycles. The van der Waals surface area contributed by atoms with E-state index in [1.165, 1.54) is 20.8 Å². The van der Waals surface area contributed by atoms with Crippen LogP contribution < -0.4 is 0 Å². The molecule has 0 rings (SSSR count). The normalized spacial score (nSPS) is 12.8. The van der Waals surface area contributed by atoms with E-state index in [9.17, 15) is 18.8 Å². The minimum absolute atomic E-state index is 0.0851. The third-order valence-electron chi connectivity index (χ3n) is 2.58. The minimum Gasteiger partial charge on any atom is -0.463 e. The first-order chi connectivity index (χ1) is 9.84. The summed E-state index contributed by atoms with van der Waals surface area (Å²) in [7, 11) is 0. The first-order valence-corrected chi connectivity index (χ1v) is 6.72. The zero-order valence-corrected chi connectivity index (χ0v) is 12.7. The Morgan fingerprint density at radius 3 is 1.81 bits per heavy atom. The second-order valence-electron chi connectivity index (χ2n) is 4.05. The van der Waals surface area contributed by atoms with Crippen molar-refractivity contribution in [2.24, 2.45) is 5.92 Å². The fraction of sp³-hybridized carbons (Fsp3) is 0.643. The van der Waals surface area contributed by atoms with E-state index in [-0.39, 0.29) is 19.8 Å². The fourth-order valence-corrected chi connectivity index (χ4v) is 1.47. The highest BCUT2D eigenvalue weighted by Gasteiger charge is 2.53. The molecule has 0 saturated carbocycles. The van der Waals surface area contributed by atoms with E-state index in [1.807, 2.05) is 0 Å². The van der Waals surface area contributed by atoms with Crippen molar-refractivity contribution in [3.63, 3.8) is 0 Å². The largest absolute Gasteiger partial charge is 0.463 e. The van der Waals surface area contributed by atoms with E-state index in [0.29, 0.717) is 0 Å². The van der Waals surface area contributed by atoms with Crippen LogP contribution in [-0.4, -0.2) is 43.4 Å². The lowest BCUT2D eigenvalue weighted by molar-refractivity contribution is -0.177. The molecule has 0 aliphatic rings. The van der Waals surface area contributed by atoms with E-state index < -0.39 is 29.5 Å². The number of hydrogen-bond acceptors (Lipinski definition) is 6. The predicted molar refractivity (Wildman–Crippen MR) is 72.0 cm³/mol. The minimum atomic E-state index is -3.00. The molecule has 1 atom stereocenters. The van der Waals surface area contributed by atoms with Crippen molar-refractivity contribution >= 4 is 17.9 Å². The first kappa shape index (κ1) is 19.1. The zero-order valence-electron chi connectivity index (χ0n) is 12.7. The summed E-state index contributed by atoms with van der Waals surface area (Å²) >= 11 is 0. The van der Waals surface area contributed by atoms with Crippen LogP contribution in [0.5, 0.6) is 0 Å². The Hall–Kier alpha value is -1.92. The Kier molecular flexibility index (Phi) is 8.26. The SMILES string of the molecule is CCOC(=O)/C=C/C(C)C(F)(C(=O)OCC)C(=O)OCC. The van der Waals surface area contributed by atoms with Crippen molar-refractivity contribution in [1.82, 2.24) is 0 Å². The molecule has 0 aromatic rings. The van der Waals surface area contributed by atoms with E-state index in [0.717, 1.165) is 12.2 Å². The number of allylic oxidation sites excluding steroid dienone is 1. The van der Waals surface area contributed by atoms with Gasteiger partial charge in [-0.3, -0.25) is 0 Å². The Morgan fingerprint density at radius 1 is 1.00 bits per heavy atom. The van der Waals surface area contributed by atoms with E-state index >= 15 is 0 Å². The van der Waals surface area contributed by atoms with Crippen molar-refractivity contribution in [2.45, 2.75) is 33.4 Å². The van der Waals surface area contributed by atoms with Crippen molar-refractivity contribution in [3.05, 3.63) is 12.2 Å². The molecule has 0 spiro atoms. The standard InChI is InChI=1S/C14H21FO6/c1-5-19-11(16)9-8-10(4)14(15,12(17)20-6-2)13(18)21-7-3/h8-10H,5-7H2,1-4H3/b9-8+. The fourth-order valence-electron chi connectivity index (χ4n) is 1.47. The molecule has 6 nitrogen and oxygen atoms in total. The van der Waals surface area contributed by atoms with Gasteiger partial charge in [-0.05, 0) is 20.8 Å². The maximum Gasteiger partial charge on any atom is 0.356 e.